The van der Waals surface area contributed by atoms with Crippen LogP contribution in [0.5, 0.6) is 5.75 Å². The minimum Gasteiger partial charge on any atom is -0.497 e. The van der Waals surface area contributed by atoms with Crippen LogP contribution in [0.25, 0.3) is 21.3 Å². The van der Waals surface area contributed by atoms with Crippen molar-refractivity contribution in [3.8, 4) is 5.75 Å². The van der Waals surface area contributed by atoms with Crippen LogP contribution in [-0.4, -0.2) is 28.0 Å². The lowest BCUT2D eigenvalue weighted by Crippen LogP contribution is -2.31. The monoisotopic (exact) mass is 426 g/mol. The summed E-state index contributed by atoms with van der Waals surface area (Å²) in [6.45, 7) is 0.380. The van der Waals surface area contributed by atoms with Crippen LogP contribution in [0.4, 0.5) is 5.13 Å². The molecule has 0 spiro atoms. The molecule has 2 heterocycles. The van der Waals surface area contributed by atoms with Gasteiger partial charge >= 0.3 is 0 Å². The van der Waals surface area contributed by atoms with E-state index in [4.69, 9.17) is 9.72 Å². The van der Waals surface area contributed by atoms with Crippen molar-refractivity contribution in [2.45, 2.75) is 6.54 Å². The van der Waals surface area contributed by atoms with Crippen molar-refractivity contribution in [2.24, 2.45) is 0 Å². The van der Waals surface area contributed by atoms with Crippen LogP contribution in [0.1, 0.15) is 16.1 Å². The van der Waals surface area contributed by atoms with Crippen LogP contribution in [0.15, 0.2) is 79.0 Å². The first-order chi connectivity index (χ1) is 15.2. The minimum atomic E-state index is -0.242. The molecule has 0 fully saturated rings. The molecule has 152 valence electrons. The quantitative estimate of drug-likeness (QED) is 0.391. The second-order valence-electron chi connectivity index (χ2n) is 6.95. The number of hydrogen-bond donors (Lipinski definition) is 0. The standard InChI is InChI=1S/C24H18N4O2S/c1-30-17-11-12-20-22(13-17)31-24(27-20)28(15-16-7-3-2-4-8-16)23(29)21-14-25-18-9-5-6-10-19(18)26-21/h2-14H,15H2,1H3. The molecule has 0 aliphatic rings. The lowest BCUT2D eigenvalue weighted by atomic mass is 10.2. The van der Waals surface area contributed by atoms with Crippen LogP contribution in [0.2, 0.25) is 0 Å². The normalized spacial score (nSPS) is 11.0. The Labute approximate surface area is 182 Å². The molecular weight excluding hydrogens is 408 g/mol. The molecule has 5 aromatic rings. The van der Waals surface area contributed by atoms with Gasteiger partial charge in [-0.15, -0.1) is 0 Å². The predicted octanol–water partition coefficient (Wildman–Crippen LogP) is 5.10. The van der Waals surface area contributed by atoms with Gasteiger partial charge in [0.05, 0.1) is 41.1 Å². The Morgan fingerprint density at radius 3 is 2.52 bits per heavy atom. The summed E-state index contributed by atoms with van der Waals surface area (Å²) < 4.78 is 6.27. The number of anilines is 1. The summed E-state index contributed by atoms with van der Waals surface area (Å²) in [5, 5.41) is 0.604. The minimum absolute atomic E-state index is 0.242. The Kier molecular flexibility index (Phi) is 5.01. The summed E-state index contributed by atoms with van der Waals surface area (Å²) >= 11 is 1.45. The second-order valence-corrected chi connectivity index (χ2v) is 7.96. The van der Waals surface area contributed by atoms with E-state index >= 15 is 0 Å². The van der Waals surface area contributed by atoms with Gasteiger partial charge in [0.25, 0.3) is 5.91 Å². The van der Waals surface area contributed by atoms with E-state index in [9.17, 15) is 4.79 Å². The second kappa shape index (κ2) is 8.12. The smallest absolute Gasteiger partial charge is 0.280 e. The average molecular weight is 427 g/mol. The molecule has 0 N–H and O–H groups in total. The molecule has 7 heteroatoms. The number of amides is 1. The van der Waals surface area contributed by atoms with E-state index in [0.717, 1.165) is 27.0 Å². The molecule has 0 aliphatic carbocycles. The molecule has 0 bridgehead atoms. The largest absolute Gasteiger partial charge is 0.497 e. The van der Waals surface area contributed by atoms with Gasteiger partial charge in [-0.2, -0.15) is 0 Å². The van der Waals surface area contributed by atoms with E-state index in [2.05, 4.69) is 9.97 Å². The highest BCUT2D eigenvalue weighted by atomic mass is 32.1. The van der Waals surface area contributed by atoms with E-state index in [0.29, 0.717) is 17.2 Å². The number of thiazole rings is 1. The lowest BCUT2D eigenvalue weighted by molar-refractivity contribution is 0.0980. The molecular formula is C24H18N4O2S. The number of hydrogen-bond acceptors (Lipinski definition) is 6. The number of carbonyl (C=O) groups excluding carboxylic acids is 1. The Bertz CT molecular complexity index is 1380. The fourth-order valence-electron chi connectivity index (χ4n) is 3.33. The number of ether oxygens (including phenoxy) is 1. The van der Waals surface area contributed by atoms with Crippen molar-refractivity contribution in [1.82, 2.24) is 15.0 Å². The van der Waals surface area contributed by atoms with Gasteiger partial charge in [0.15, 0.2) is 5.13 Å². The van der Waals surface area contributed by atoms with Crippen LogP contribution < -0.4 is 9.64 Å². The number of fused-ring (bicyclic) bond motifs is 2. The van der Waals surface area contributed by atoms with Crippen molar-refractivity contribution in [2.75, 3.05) is 12.0 Å². The van der Waals surface area contributed by atoms with Gasteiger partial charge in [0, 0.05) is 0 Å². The number of para-hydroxylation sites is 2. The van der Waals surface area contributed by atoms with Gasteiger partial charge in [-0.05, 0) is 35.9 Å². The summed E-state index contributed by atoms with van der Waals surface area (Å²) in [5.74, 6) is 0.511. The molecule has 31 heavy (non-hydrogen) atoms. The van der Waals surface area contributed by atoms with Gasteiger partial charge in [0.2, 0.25) is 0 Å². The highest BCUT2D eigenvalue weighted by Crippen LogP contribution is 2.33. The zero-order chi connectivity index (χ0) is 21.2. The van der Waals surface area contributed by atoms with Gasteiger partial charge in [-0.1, -0.05) is 53.8 Å². The number of nitrogens with zero attached hydrogens (tertiary/aromatic N) is 4. The van der Waals surface area contributed by atoms with E-state index in [1.807, 2.05) is 72.8 Å². The summed E-state index contributed by atoms with van der Waals surface area (Å²) in [6.07, 6.45) is 1.53. The number of methoxy groups -OCH3 is 1. The first-order valence-corrected chi connectivity index (χ1v) is 10.5. The number of carbonyl (C=O) groups is 1. The number of benzene rings is 3. The molecule has 0 aliphatic heterocycles. The van der Waals surface area contributed by atoms with Crippen molar-refractivity contribution in [3.63, 3.8) is 0 Å². The van der Waals surface area contributed by atoms with Crippen LogP contribution in [0, 0.1) is 0 Å². The molecule has 6 nitrogen and oxygen atoms in total. The molecule has 0 atom stereocenters. The Morgan fingerprint density at radius 1 is 0.935 bits per heavy atom. The fourth-order valence-corrected chi connectivity index (χ4v) is 4.32. The lowest BCUT2D eigenvalue weighted by Gasteiger charge is -2.19. The van der Waals surface area contributed by atoms with Crippen LogP contribution in [0.3, 0.4) is 0 Å². The zero-order valence-electron chi connectivity index (χ0n) is 16.7. The van der Waals surface area contributed by atoms with Crippen molar-refractivity contribution in [3.05, 3.63) is 90.3 Å². The van der Waals surface area contributed by atoms with E-state index in [-0.39, 0.29) is 11.6 Å². The number of rotatable bonds is 5. The third kappa shape index (κ3) is 3.83. The zero-order valence-corrected chi connectivity index (χ0v) is 17.5. The molecule has 0 radical (unpaired) electrons. The van der Waals surface area contributed by atoms with Crippen LogP contribution in [-0.2, 0) is 6.54 Å². The summed E-state index contributed by atoms with van der Waals surface area (Å²) in [5.41, 5.74) is 3.53. The summed E-state index contributed by atoms with van der Waals surface area (Å²) in [7, 11) is 1.63. The van der Waals surface area contributed by atoms with Crippen LogP contribution >= 0.6 is 11.3 Å². The molecule has 0 unspecified atom stereocenters. The molecule has 0 saturated heterocycles. The third-order valence-corrected chi connectivity index (χ3v) is 5.95. The first-order valence-electron chi connectivity index (χ1n) is 9.73. The maximum absolute atomic E-state index is 13.6. The fraction of sp³-hybridized carbons (Fsp3) is 0.0833. The van der Waals surface area contributed by atoms with E-state index in [1.165, 1.54) is 17.5 Å². The van der Waals surface area contributed by atoms with Gasteiger partial charge in [-0.3, -0.25) is 14.7 Å². The average Bonchev–Trinajstić information content (AvgIpc) is 3.25. The van der Waals surface area contributed by atoms with E-state index < -0.39 is 0 Å². The summed E-state index contributed by atoms with van der Waals surface area (Å²) in [6, 6.07) is 23.0. The van der Waals surface area contributed by atoms with Gasteiger partial charge in [-0.25, -0.2) is 9.97 Å². The highest BCUT2D eigenvalue weighted by molar-refractivity contribution is 7.22. The SMILES string of the molecule is COc1ccc2nc(N(Cc3ccccc3)C(=O)c3cnc4ccccc4n3)sc2c1. The number of aromatic nitrogens is 3. The Hall–Kier alpha value is -3.84. The molecule has 5 rings (SSSR count). The van der Waals surface area contributed by atoms with E-state index in [1.54, 1.807) is 12.0 Å². The van der Waals surface area contributed by atoms with Gasteiger partial charge < -0.3 is 4.74 Å². The first kappa shape index (κ1) is 19.1. The Balaban J connectivity index is 1.58. The molecule has 3 aromatic carbocycles. The maximum atomic E-state index is 13.6. The summed E-state index contributed by atoms with van der Waals surface area (Å²) in [4.78, 5) is 28.9. The van der Waals surface area contributed by atoms with Gasteiger partial charge in [0.1, 0.15) is 11.4 Å². The van der Waals surface area contributed by atoms with Crippen molar-refractivity contribution in [1.29, 1.82) is 0 Å². The molecule has 0 saturated carbocycles. The van der Waals surface area contributed by atoms with Crippen molar-refractivity contribution < 1.29 is 9.53 Å². The third-order valence-electron chi connectivity index (χ3n) is 4.91. The Morgan fingerprint density at radius 2 is 1.71 bits per heavy atom. The molecule has 2 aromatic heterocycles. The highest BCUT2D eigenvalue weighted by Gasteiger charge is 2.23. The topological polar surface area (TPSA) is 68.2 Å². The maximum Gasteiger partial charge on any atom is 0.280 e. The predicted molar refractivity (Wildman–Crippen MR) is 123 cm³/mol. The molecule has 1 amide bonds. The van der Waals surface area contributed by atoms with Crippen molar-refractivity contribution >= 4 is 43.6 Å².